The van der Waals surface area contributed by atoms with Crippen LogP contribution in [0.2, 0.25) is 0 Å². The van der Waals surface area contributed by atoms with Crippen molar-refractivity contribution in [3.63, 3.8) is 0 Å². The molecule has 3 atom stereocenters. The summed E-state index contributed by atoms with van der Waals surface area (Å²) in [6.07, 6.45) is 1.83. The zero-order chi connectivity index (χ0) is 21.9. The molecule has 0 saturated carbocycles. The molecule has 3 heteroatoms. The number of carbonyl (C=O) groups is 1. The van der Waals surface area contributed by atoms with Gasteiger partial charge in [0.25, 0.3) is 0 Å². The van der Waals surface area contributed by atoms with Crippen LogP contribution in [0.3, 0.4) is 0 Å². The first kappa shape index (κ1) is 20.5. The number of rotatable bonds is 6. The molecule has 160 valence electrons. The van der Waals surface area contributed by atoms with Crippen LogP contribution >= 0.6 is 0 Å². The zero-order valence-electron chi connectivity index (χ0n) is 18.2. The second-order valence-corrected chi connectivity index (χ2v) is 8.55. The van der Waals surface area contributed by atoms with Crippen molar-refractivity contribution in [2.45, 2.75) is 31.4 Å². The average molecular weight is 422 g/mol. The van der Waals surface area contributed by atoms with Crippen molar-refractivity contribution in [1.82, 2.24) is 5.32 Å². The van der Waals surface area contributed by atoms with Gasteiger partial charge in [-0.2, -0.15) is 0 Å². The summed E-state index contributed by atoms with van der Waals surface area (Å²) in [5.41, 5.74) is 4.37. The smallest absolute Gasteiger partial charge is 0.150 e. The maximum Gasteiger partial charge on any atom is 0.150 e. The van der Waals surface area contributed by atoms with E-state index < -0.39 is 0 Å². The predicted molar refractivity (Wildman–Crippen MR) is 130 cm³/mol. The molecule has 0 amide bonds. The van der Waals surface area contributed by atoms with Gasteiger partial charge in [-0.1, -0.05) is 78.9 Å². The highest BCUT2D eigenvalue weighted by Gasteiger charge is 2.29. The highest BCUT2D eigenvalue weighted by Crippen LogP contribution is 2.40. The van der Waals surface area contributed by atoms with Gasteiger partial charge >= 0.3 is 0 Å². The van der Waals surface area contributed by atoms with Crippen LogP contribution in [-0.2, 0) is 0 Å². The lowest BCUT2D eigenvalue weighted by Gasteiger charge is -2.33. The molecule has 0 saturated heterocycles. The van der Waals surface area contributed by atoms with Gasteiger partial charge in [0.15, 0.2) is 0 Å². The Kier molecular flexibility index (Phi) is 5.74. The monoisotopic (exact) mass is 421 g/mol. The Balaban J connectivity index is 1.37. The average Bonchev–Trinajstić information content (AvgIpc) is 2.86. The summed E-state index contributed by atoms with van der Waals surface area (Å²) >= 11 is 0. The Morgan fingerprint density at radius 1 is 0.969 bits per heavy atom. The standard InChI is InChI=1S/C29H27NO2/c1-20(25-14-7-10-22-9-2-3-12-26(22)25)30-18-24-17-28(23-11-6-8-21(16-23)19-31)27-13-4-5-15-29(27)32-24/h2-16,19-20,24,28,30H,17-18H2,1H3/t20-,24?,28?/m1/s1. The van der Waals surface area contributed by atoms with Crippen LogP contribution in [0, 0.1) is 0 Å². The van der Waals surface area contributed by atoms with E-state index in [4.69, 9.17) is 4.74 Å². The van der Waals surface area contributed by atoms with Crippen molar-refractivity contribution in [3.05, 3.63) is 113 Å². The van der Waals surface area contributed by atoms with E-state index >= 15 is 0 Å². The SMILES string of the molecule is C[C@@H](NCC1CC(c2cccc(C=O)c2)c2ccccc2O1)c1cccc2ccccc12. The number of nitrogens with one attached hydrogen (secondary N) is 1. The van der Waals surface area contributed by atoms with Crippen molar-refractivity contribution < 1.29 is 9.53 Å². The van der Waals surface area contributed by atoms with E-state index in [0.29, 0.717) is 5.56 Å². The number of para-hydroxylation sites is 1. The van der Waals surface area contributed by atoms with Crippen LogP contribution in [-0.4, -0.2) is 18.9 Å². The topological polar surface area (TPSA) is 38.3 Å². The Morgan fingerprint density at radius 2 is 1.75 bits per heavy atom. The van der Waals surface area contributed by atoms with E-state index in [1.807, 2.05) is 30.3 Å². The van der Waals surface area contributed by atoms with Crippen LogP contribution in [0.15, 0.2) is 91.0 Å². The summed E-state index contributed by atoms with van der Waals surface area (Å²) in [6.45, 7) is 2.96. The molecule has 1 N–H and O–H groups in total. The quantitative estimate of drug-likeness (QED) is 0.372. The van der Waals surface area contributed by atoms with Gasteiger partial charge < -0.3 is 10.1 Å². The minimum absolute atomic E-state index is 0.0483. The largest absolute Gasteiger partial charge is 0.489 e. The van der Waals surface area contributed by atoms with Gasteiger partial charge in [-0.15, -0.1) is 0 Å². The molecule has 0 radical (unpaired) electrons. The van der Waals surface area contributed by atoms with Gasteiger partial charge in [0, 0.05) is 29.6 Å². The van der Waals surface area contributed by atoms with Gasteiger partial charge in [0.1, 0.15) is 18.1 Å². The number of ether oxygens (including phenoxy) is 1. The second-order valence-electron chi connectivity index (χ2n) is 8.55. The third kappa shape index (κ3) is 4.04. The van der Waals surface area contributed by atoms with Gasteiger partial charge in [0.2, 0.25) is 0 Å². The first-order chi connectivity index (χ1) is 15.7. The molecule has 1 heterocycles. The normalized spacial score (nSPS) is 18.5. The number of fused-ring (bicyclic) bond motifs is 2. The Hall–Kier alpha value is -3.43. The van der Waals surface area contributed by atoms with Crippen LogP contribution in [0.1, 0.15) is 52.4 Å². The summed E-state index contributed by atoms with van der Waals surface area (Å²) in [6, 6.07) is 31.4. The molecular formula is C29H27NO2. The first-order valence-electron chi connectivity index (χ1n) is 11.2. The van der Waals surface area contributed by atoms with Crippen molar-refractivity contribution >= 4 is 17.1 Å². The van der Waals surface area contributed by atoms with Gasteiger partial charge in [-0.05, 0) is 47.4 Å². The number of hydrogen-bond donors (Lipinski definition) is 1. The molecule has 0 spiro atoms. The van der Waals surface area contributed by atoms with Crippen molar-refractivity contribution in [2.24, 2.45) is 0 Å². The molecule has 5 rings (SSSR count). The third-order valence-electron chi connectivity index (χ3n) is 6.48. The van der Waals surface area contributed by atoms with Gasteiger partial charge in [-0.25, -0.2) is 0 Å². The minimum Gasteiger partial charge on any atom is -0.489 e. The number of hydrogen-bond acceptors (Lipinski definition) is 3. The van der Waals surface area contributed by atoms with Gasteiger partial charge in [0.05, 0.1) is 0 Å². The van der Waals surface area contributed by atoms with Crippen molar-refractivity contribution in [3.8, 4) is 5.75 Å². The molecule has 0 fully saturated rings. The molecule has 32 heavy (non-hydrogen) atoms. The third-order valence-corrected chi connectivity index (χ3v) is 6.48. The van der Waals surface area contributed by atoms with Crippen LogP contribution in [0.4, 0.5) is 0 Å². The summed E-state index contributed by atoms with van der Waals surface area (Å²) in [7, 11) is 0. The van der Waals surface area contributed by atoms with E-state index in [-0.39, 0.29) is 18.1 Å². The molecule has 0 aromatic heterocycles. The maximum atomic E-state index is 11.3. The van der Waals surface area contributed by atoms with E-state index in [1.54, 1.807) is 0 Å². The van der Waals surface area contributed by atoms with Crippen LogP contribution in [0.25, 0.3) is 10.8 Å². The zero-order valence-corrected chi connectivity index (χ0v) is 18.2. The predicted octanol–water partition coefficient (Wildman–Crippen LogP) is 6.29. The molecule has 3 nitrogen and oxygen atoms in total. The van der Waals surface area contributed by atoms with E-state index in [1.165, 1.54) is 21.9 Å². The molecule has 4 aromatic carbocycles. The summed E-state index contributed by atoms with van der Waals surface area (Å²) in [5, 5.41) is 6.25. The summed E-state index contributed by atoms with van der Waals surface area (Å²) < 4.78 is 6.38. The number of benzene rings is 4. The second kappa shape index (κ2) is 8.97. The molecular weight excluding hydrogens is 394 g/mol. The maximum absolute atomic E-state index is 11.3. The fraction of sp³-hybridized carbons (Fsp3) is 0.207. The summed E-state index contributed by atoms with van der Waals surface area (Å²) in [5.74, 6) is 1.14. The van der Waals surface area contributed by atoms with Crippen molar-refractivity contribution in [1.29, 1.82) is 0 Å². The van der Waals surface area contributed by atoms with E-state index in [0.717, 1.165) is 30.6 Å². The summed E-state index contributed by atoms with van der Waals surface area (Å²) in [4.78, 5) is 11.3. The molecule has 4 aromatic rings. The highest BCUT2D eigenvalue weighted by atomic mass is 16.5. The van der Waals surface area contributed by atoms with Crippen LogP contribution in [0.5, 0.6) is 5.75 Å². The molecule has 1 aliphatic rings. The minimum atomic E-state index is 0.0483. The fourth-order valence-corrected chi connectivity index (χ4v) is 4.83. The van der Waals surface area contributed by atoms with Crippen LogP contribution < -0.4 is 10.1 Å². The lowest BCUT2D eigenvalue weighted by molar-refractivity contribution is 0.112. The Bertz CT molecular complexity index is 1240. The van der Waals surface area contributed by atoms with Gasteiger partial charge in [-0.3, -0.25) is 4.79 Å². The van der Waals surface area contributed by atoms with E-state index in [9.17, 15) is 4.79 Å². The number of carbonyl (C=O) groups excluding carboxylic acids is 1. The lowest BCUT2D eigenvalue weighted by Crippen LogP contribution is -2.37. The fourth-order valence-electron chi connectivity index (χ4n) is 4.83. The Labute approximate surface area is 189 Å². The van der Waals surface area contributed by atoms with E-state index in [2.05, 4.69) is 72.9 Å². The Morgan fingerprint density at radius 3 is 2.66 bits per heavy atom. The number of aldehydes is 1. The molecule has 1 aliphatic heterocycles. The molecule has 0 aliphatic carbocycles. The lowest BCUT2D eigenvalue weighted by atomic mass is 9.83. The molecule has 2 unspecified atom stereocenters. The first-order valence-corrected chi connectivity index (χ1v) is 11.2. The highest BCUT2D eigenvalue weighted by molar-refractivity contribution is 5.86. The van der Waals surface area contributed by atoms with Crippen molar-refractivity contribution in [2.75, 3.05) is 6.54 Å². The molecule has 0 bridgehead atoms.